The Labute approximate surface area is 173 Å². The molecule has 0 N–H and O–H groups in total. The van der Waals surface area contributed by atoms with Crippen molar-refractivity contribution < 1.29 is 4.79 Å². The van der Waals surface area contributed by atoms with Crippen LogP contribution in [0.4, 0.5) is 0 Å². The maximum absolute atomic E-state index is 13.1. The van der Waals surface area contributed by atoms with Crippen molar-refractivity contribution in [3.05, 3.63) is 69.8 Å². The molecule has 0 spiro atoms. The minimum Gasteiger partial charge on any atom is -0.330 e. The molecule has 142 valence electrons. The highest BCUT2D eigenvalue weighted by molar-refractivity contribution is 6.33. The molecule has 2 aliphatic rings. The number of aromatic nitrogens is 2. The fourth-order valence-corrected chi connectivity index (χ4v) is 4.71. The molecule has 0 atom stereocenters. The monoisotopic (exact) mass is 411 g/mol. The second kappa shape index (κ2) is 6.94. The Morgan fingerprint density at radius 3 is 2.39 bits per heavy atom. The van der Waals surface area contributed by atoms with Gasteiger partial charge in [-0.25, -0.2) is 4.68 Å². The van der Waals surface area contributed by atoms with E-state index in [1.807, 2.05) is 58.1 Å². The quantitative estimate of drug-likeness (QED) is 0.550. The third-order valence-corrected chi connectivity index (χ3v) is 6.32. The van der Waals surface area contributed by atoms with Gasteiger partial charge < -0.3 is 4.90 Å². The number of fused-ring (bicyclic) bond motifs is 1. The smallest absolute Gasteiger partial charge is 0.275 e. The van der Waals surface area contributed by atoms with Crippen LogP contribution in [0.2, 0.25) is 10.0 Å². The summed E-state index contributed by atoms with van der Waals surface area (Å²) >= 11 is 12.6. The zero-order valence-corrected chi connectivity index (χ0v) is 16.7. The predicted octanol–water partition coefficient (Wildman–Crippen LogP) is 5.74. The van der Waals surface area contributed by atoms with Crippen LogP contribution in [0.1, 0.15) is 41.7 Å². The molecule has 0 unspecified atom stereocenters. The maximum Gasteiger partial charge on any atom is 0.275 e. The first-order valence-corrected chi connectivity index (χ1v) is 10.3. The van der Waals surface area contributed by atoms with Crippen molar-refractivity contribution in [2.75, 3.05) is 0 Å². The summed E-state index contributed by atoms with van der Waals surface area (Å²) in [5.41, 5.74) is 4.12. The molecule has 0 radical (unpaired) electrons. The molecule has 2 heterocycles. The van der Waals surface area contributed by atoms with E-state index in [2.05, 4.69) is 0 Å². The molecule has 0 bridgehead atoms. The van der Waals surface area contributed by atoms with Gasteiger partial charge in [-0.1, -0.05) is 54.2 Å². The van der Waals surface area contributed by atoms with Crippen molar-refractivity contribution in [1.82, 2.24) is 14.7 Å². The second-order valence-electron chi connectivity index (χ2n) is 7.42. The zero-order chi connectivity index (χ0) is 19.3. The van der Waals surface area contributed by atoms with Crippen LogP contribution in [0.5, 0.6) is 0 Å². The van der Waals surface area contributed by atoms with Gasteiger partial charge in [0.15, 0.2) is 5.69 Å². The molecule has 0 saturated heterocycles. The molecule has 28 heavy (non-hydrogen) atoms. The number of rotatable bonds is 3. The van der Waals surface area contributed by atoms with Crippen molar-refractivity contribution in [3.8, 4) is 16.9 Å². The highest BCUT2D eigenvalue weighted by atomic mass is 35.5. The molecule has 1 saturated carbocycles. The summed E-state index contributed by atoms with van der Waals surface area (Å²) in [5.74, 6) is 0.0305. The Morgan fingerprint density at radius 2 is 1.68 bits per heavy atom. The Kier molecular flexibility index (Phi) is 4.41. The van der Waals surface area contributed by atoms with E-state index >= 15 is 0 Å². The molecular formula is C22H19Cl2N3O. The van der Waals surface area contributed by atoms with Crippen LogP contribution in [0.3, 0.4) is 0 Å². The van der Waals surface area contributed by atoms with Crippen molar-refractivity contribution in [2.24, 2.45) is 0 Å². The summed E-state index contributed by atoms with van der Waals surface area (Å²) in [5, 5.41) is 6.04. The first kappa shape index (κ1) is 17.8. The van der Waals surface area contributed by atoms with E-state index < -0.39 is 0 Å². The van der Waals surface area contributed by atoms with Gasteiger partial charge in [-0.2, -0.15) is 5.10 Å². The molecular weight excluding hydrogens is 393 g/mol. The fraction of sp³-hybridized carbons (Fsp3) is 0.273. The summed E-state index contributed by atoms with van der Waals surface area (Å²) in [7, 11) is 0. The number of benzene rings is 2. The van der Waals surface area contributed by atoms with E-state index in [1.165, 1.54) is 12.8 Å². The number of hydrogen-bond acceptors (Lipinski definition) is 2. The van der Waals surface area contributed by atoms with Crippen molar-refractivity contribution in [3.63, 3.8) is 0 Å². The molecule has 6 heteroatoms. The van der Waals surface area contributed by atoms with Crippen LogP contribution in [0, 0.1) is 0 Å². The molecule has 1 aliphatic heterocycles. The average molecular weight is 412 g/mol. The highest BCUT2D eigenvalue weighted by Crippen LogP contribution is 2.40. The van der Waals surface area contributed by atoms with Crippen LogP contribution in [0.15, 0.2) is 48.5 Å². The van der Waals surface area contributed by atoms with E-state index in [9.17, 15) is 4.79 Å². The first-order valence-electron chi connectivity index (χ1n) is 9.57. The number of halogens is 2. The van der Waals surface area contributed by atoms with E-state index in [-0.39, 0.29) is 5.91 Å². The number of nitrogens with zero attached hydrogens (tertiary/aromatic N) is 3. The zero-order valence-electron chi connectivity index (χ0n) is 15.2. The molecule has 4 nitrogen and oxygen atoms in total. The molecule has 1 aromatic heterocycles. The standard InChI is InChI=1S/C22H19Cl2N3O/c23-14-9-11-16(12-10-14)27-21(17-7-3-4-8-19(17)24)18-13-26(15-5-1-2-6-15)22(28)20(18)25-27/h3-4,7-12,15H,1-2,5-6,13H2. The lowest BCUT2D eigenvalue weighted by molar-refractivity contribution is 0.0700. The summed E-state index contributed by atoms with van der Waals surface area (Å²) in [6.45, 7) is 0.590. The van der Waals surface area contributed by atoms with Gasteiger partial charge in [-0.15, -0.1) is 0 Å². The van der Waals surface area contributed by atoms with Crippen molar-refractivity contribution >= 4 is 29.1 Å². The molecule has 2 aromatic carbocycles. The van der Waals surface area contributed by atoms with Crippen molar-refractivity contribution in [1.29, 1.82) is 0 Å². The van der Waals surface area contributed by atoms with Gasteiger partial charge >= 0.3 is 0 Å². The Bertz CT molecular complexity index is 1050. The van der Waals surface area contributed by atoms with E-state index in [0.29, 0.717) is 28.3 Å². The minimum atomic E-state index is 0.0305. The predicted molar refractivity (Wildman–Crippen MR) is 111 cm³/mol. The molecule has 1 aliphatic carbocycles. The SMILES string of the molecule is O=C1c2nn(-c3ccc(Cl)cc3)c(-c3ccccc3Cl)c2CN1C1CCCC1. The van der Waals surface area contributed by atoms with Crippen LogP contribution >= 0.6 is 23.2 Å². The van der Waals surface area contributed by atoms with Gasteiger partial charge in [0, 0.05) is 27.2 Å². The van der Waals surface area contributed by atoms with Crippen molar-refractivity contribution in [2.45, 2.75) is 38.3 Å². The summed E-state index contributed by atoms with van der Waals surface area (Å²) < 4.78 is 1.83. The average Bonchev–Trinajstić information content (AvgIpc) is 3.40. The van der Waals surface area contributed by atoms with Gasteiger partial charge in [0.05, 0.1) is 17.9 Å². The summed E-state index contributed by atoms with van der Waals surface area (Å²) in [4.78, 5) is 15.1. The molecule has 5 rings (SSSR count). The van der Waals surface area contributed by atoms with Gasteiger partial charge in [0.25, 0.3) is 5.91 Å². The van der Waals surface area contributed by atoms with Crippen LogP contribution in [-0.2, 0) is 6.54 Å². The third-order valence-electron chi connectivity index (χ3n) is 5.74. The van der Waals surface area contributed by atoms with E-state index in [0.717, 1.165) is 35.3 Å². The second-order valence-corrected chi connectivity index (χ2v) is 8.26. The van der Waals surface area contributed by atoms with Gasteiger partial charge in [0.2, 0.25) is 0 Å². The van der Waals surface area contributed by atoms with Gasteiger partial charge in [0.1, 0.15) is 0 Å². The largest absolute Gasteiger partial charge is 0.330 e. The van der Waals surface area contributed by atoms with Crippen LogP contribution in [-0.4, -0.2) is 26.6 Å². The number of hydrogen-bond donors (Lipinski definition) is 0. The Balaban J connectivity index is 1.67. The highest BCUT2D eigenvalue weighted by Gasteiger charge is 2.39. The Hall–Kier alpha value is -2.30. The number of carbonyl (C=O) groups is 1. The molecule has 1 amide bonds. The lowest BCUT2D eigenvalue weighted by atomic mass is 10.1. The van der Waals surface area contributed by atoms with Crippen LogP contribution in [0.25, 0.3) is 16.9 Å². The third kappa shape index (κ3) is 2.83. The van der Waals surface area contributed by atoms with E-state index in [1.54, 1.807) is 0 Å². The minimum absolute atomic E-state index is 0.0305. The lowest BCUT2D eigenvalue weighted by Crippen LogP contribution is -2.34. The van der Waals surface area contributed by atoms with E-state index in [4.69, 9.17) is 28.3 Å². The fourth-order valence-electron chi connectivity index (χ4n) is 4.36. The lowest BCUT2D eigenvalue weighted by Gasteiger charge is -2.24. The maximum atomic E-state index is 13.1. The van der Waals surface area contributed by atoms with Gasteiger partial charge in [-0.3, -0.25) is 4.79 Å². The Morgan fingerprint density at radius 1 is 0.964 bits per heavy atom. The first-order chi connectivity index (χ1) is 13.6. The molecule has 1 fully saturated rings. The molecule has 3 aromatic rings. The van der Waals surface area contributed by atoms with Crippen LogP contribution < -0.4 is 0 Å². The number of carbonyl (C=O) groups excluding carboxylic acids is 1. The topological polar surface area (TPSA) is 38.1 Å². The van der Waals surface area contributed by atoms with Gasteiger partial charge in [-0.05, 0) is 43.2 Å². The normalized spacial score (nSPS) is 16.8. The summed E-state index contributed by atoms with van der Waals surface area (Å²) in [6.07, 6.45) is 4.53. The number of amides is 1. The summed E-state index contributed by atoms with van der Waals surface area (Å²) in [6, 6.07) is 15.5.